The lowest BCUT2D eigenvalue weighted by Gasteiger charge is -2.39. The first-order valence-corrected chi connectivity index (χ1v) is 11.2. The molecule has 0 atom stereocenters. The third kappa shape index (κ3) is 3.16. The van der Waals surface area contributed by atoms with Gasteiger partial charge in [-0.05, 0) is 36.2 Å². The summed E-state index contributed by atoms with van der Waals surface area (Å²) in [6.45, 7) is 3.05. The first-order chi connectivity index (χ1) is 14.9. The molecule has 31 heavy (non-hydrogen) atoms. The molecular formula is C22H18F2N4O2S. The molecule has 0 spiro atoms. The minimum atomic E-state index is -4.25. The molecule has 4 aromatic rings. The van der Waals surface area contributed by atoms with Crippen molar-refractivity contribution in [1.29, 1.82) is 0 Å². The Kier molecular flexibility index (Phi) is 4.51. The van der Waals surface area contributed by atoms with Crippen molar-refractivity contribution in [2.24, 2.45) is 5.92 Å². The van der Waals surface area contributed by atoms with Crippen LogP contribution in [0.3, 0.4) is 0 Å². The van der Waals surface area contributed by atoms with Gasteiger partial charge in [0, 0.05) is 42.6 Å². The number of benzene rings is 1. The average molecular weight is 440 g/mol. The minimum Gasteiger partial charge on any atom is -0.366 e. The Balaban J connectivity index is 1.61. The number of nitrogens with zero attached hydrogens (tertiary/aromatic N) is 4. The molecule has 1 aliphatic heterocycles. The van der Waals surface area contributed by atoms with Gasteiger partial charge in [-0.1, -0.05) is 13.0 Å². The smallest absolute Gasteiger partial charge is 0.268 e. The molecule has 0 N–H and O–H groups in total. The highest BCUT2D eigenvalue weighted by atomic mass is 32.2. The fraction of sp³-hybridized carbons (Fsp3) is 0.182. The van der Waals surface area contributed by atoms with Gasteiger partial charge in [-0.15, -0.1) is 0 Å². The zero-order valence-electron chi connectivity index (χ0n) is 16.5. The SMILES string of the molecule is CC1CN(c2c(F)cc(S(=O)(=O)n3ccc4c(-c5ccccn5)cncc43)cc2F)C1. The van der Waals surface area contributed by atoms with Crippen LogP contribution in [-0.2, 0) is 10.0 Å². The molecular weight excluding hydrogens is 422 g/mol. The van der Waals surface area contributed by atoms with E-state index in [0.717, 1.165) is 16.1 Å². The topological polar surface area (TPSA) is 68.1 Å². The normalized spacial score (nSPS) is 14.7. The van der Waals surface area contributed by atoms with Crippen LogP contribution in [0.4, 0.5) is 14.5 Å². The van der Waals surface area contributed by atoms with Gasteiger partial charge in [0.05, 0.1) is 22.3 Å². The molecule has 1 saturated heterocycles. The molecule has 0 bridgehead atoms. The molecule has 158 valence electrons. The Morgan fingerprint density at radius 1 is 1.06 bits per heavy atom. The highest BCUT2D eigenvalue weighted by Crippen LogP contribution is 2.34. The molecule has 0 saturated carbocycles. The van der Waals surface area contributed by atoms with Crippen molar-refractivity contribution >= 4 is 26.6 Å². The van der Waals surface area contributed by atoms with Crippen LogP contribution >= 0.6 is 0 Å². The molecule has 1 aliphatic rings. The quantitative estimate of drug-likeness (QED) is 0.479. The molecule has 9 heteroatoms. The zero-order valence-corrected chi connectivity index (χ0v) is 17.4. The van der Waals surface area contributed by atoms with Gasteiger partial charge in [-0.25, -0.2) is 21.2 Å². The van der Waals surface area contributed by atoms with E-state index in [1.807, 2.05) is 13.0 Å². The van der Waals surface area contributed by atoms with Crippen LogP contribution in [0, 0.1) is 17.6 Å². The number of rotatable bonds is 4. The monoisotopic (exact) mass is 440 g/mol. The molecule has 0 aliphatic carbocycles. The van der Waals surface area contributed by atoms with E-state index in [1.165, 1.54) is 12.4 Å². The predicted molar refractivity (Wildman–Crippen MR) is 113 cm³/mol. The lowest BCUT2D eigenvalue weighted by Crippen LogP contribution is -2.46. The molecule has 5 rings (SSSR count). The second-order valence-corrected chi connectivity index (χ2v) is 9.51. The molecule has 6 nitrogen and oxygen atoms in total. The van der Waals surface area contributed by atoms with E-state index < -0.39 is 26.6 Å². The van der Waals surface area contributed by atoms with Crippen LogP contribution in [-0.4, -0.2) is 35.4 Å². The van der Waals surface area contributed by atoms with Crippen LogP contribution in [0.15, 0.2) is 66.1 Å². The lowest BCUT2D eigenvalue weighted by molar-refractivity contribution is 0.428. The van der Waals surface area contributed by atoms with Crippen molar-refractivity contribution < 1.29 is 17.2 Å². The summed E-state index contributed by atoms with van der Waals surface area (Å²) in [7, 11) is -4.25. The number of aromatic nitrogens is 3. The fourth-order valence-corrected chi connectivity index (χ4v) is 5.31. The number of hydrogen-bond donors (Lipinski definition) is 0. The second-order valence-electron chi connectivity index (χ2n) is 7.70. The van der Waals surface area contributed by atoms with Crippen molar-refractivity contribution in [2.45, 2.75) is 11.8 Å². The lowest BCUT2D eigenvalue weighted by atomic mass is 10.0. The van der Waals surface area contributed by atoms with Gasteiger partial charge in [0.1, 0.15) is 5.69 Å². The highest BCUT2D eigenvalue weighted by molar-refractivity contribution is 7.90. The summed E-state index contributed by atoms with van der Waals surface area (Å²) >= 11 is 0. The van der Waals surface area contributed by atoms with Gasteiger partial charge in [-0.3, -0.25) is 9.97 Å². The summed E-state index contributed by atoms with van der Waals surface area (Å²) in [6.07, 6.45) is 5.99. The molecule has 3 aromatic heterocycles. The van der Waals surface area contributed by atoms with Gasteiger partial charge in [0.25, 0.3) is 10.0 Å². The van der Waals surface area contributed by atoms with E-state index in [-0.39, 0.29) is 5.69 Å². The van der Waals surface area contributed by atoms with E-state index in [2.05, 4.69) is 9.97 Å². The maximum atomic E-state index is 14.7. The maximum absolute atomic E-state index is 14.7. The van der Waals surface area contributed by atoms with E-state index in [4.69, 9.17) is 0 Å². The van der Waals surface area contributed by atoms with Crippen molar-refractivity contribution in [3.8, 4) is 11.3 Å². The fourth-order valence-electron chi connectivity index (χ4n) is 3.96. The zero-order chi connectivity index (χ0) is 21.8. The van der Waals surface area contributed by atoms with Crippen molar-refractivity contribution in [3.63, 3.8) is 0 Å². The molecule has 1 fully saturated rings. The van der Waals surface area contributed by atoms with Crippen molar-refractivity contribution in [2.75, 3.05) is 18.0 Å². The average Bonchev–Trinajstić information content (AvgIpc) is 3.17. The second kappa shape index (κ2) is 7.12. The van der Waals surface area contributed by atoms with Crippen LogP contribution in [0.5, 0.6) is 0 Å². The maximum Gasteiger partial charge on any atom is 0.268 e. The third-order valence-electron chi connectivity index (χ3n) is 5.45. The van der Waals surface area contributed by atoms with Crippen molar-refractivity contribution in [3.05, 3.63) is 72.8 Å². The van der Waals surface area contributed by atoms with Gasteiger partial charge >= 0.3 is 0 Å². The van der Waals surface area contributed by atoms with Crippen molar-refractivity contribution in [1.82, 2.24) is 13.9 Å². The minimum absolute atomic E-state index is 0.187. The summed E-state index contributed by atoms with van der Waals surface area (Å²) in [5.74, 6) is -1.45. The van der Waals surface area contributed by atoms with Gasteiger partial charge < -0.3 is 4.90 Å². The predicted octanol–water partition coefficient (Wildman–Crippen LogP) is 4.07. The van der Waals surface area contributed by atoms with Crippen LogP contribution in [0.2, 0.25) is 0 Å². The standard InChI is InChI=1S/C22H18F2N4O2S/c1-14-12-27(13-14)22-18(23)8-15(9-19(22)24)31(29,30)28-7-5-16-17(10-25-11-21(16)28)20-4-2-3-6-26-20/h2-11,14H,12-13H2,1H3. The first-order valence-electron chi connectivity index (χ1n) is 9.72. The Bertz CT molecular complexity index is 1370. The van der Waals surface area contributed by atoms with Gasteiger partial charge in [-0.2, -0.15) is 0 Å². The summed E-state index contributed by atoms with van der Waals surface area (Å²) < 4.78 is 56.9. The Morgan fingerprint density at radius 2 is 1.81 bits per heavy atom. The van der Waals surface area contributed by atoms with E-state index >= 15 is 0 Å². The molecule has 1 aromatic carbocycles. The largest absolute Gasteiger partial charge is 0.366 e. The first kappa shape index (κ1) is 19.6. The summed E-state index contributed by atoms with van der Waals surface area (Å²) in [4.78, 5) is 9.55. The third-order valence-corrected chi connectivity index (χ3v) is 7.12. The summed E-state index contributed by atoms with van der Waals surface area (Å²) in [5, 5.41) is 0.615. The van der Waals surface area contributed by atoms with E-state index in [0.29, 0.717) is 41.2 Å². The Labute approximate surface area is 177 Å². The summed E-state index contributed by atoms with van der Waals surface area (Å²) in [5.41, 5.74) is 1.41. The van der Waals surface area contributed by atoms with Crippen LogP contribution < -0.4 is 4.90 Å². The molecule has 4 heterocycles. The van der Waals surface area contributed by atoms with E-state index in [1.54, 1.807) is 35.5 Å². The Hall–Kier alpha value is -3.33. The van der Waals surface area contributed by atoms with Gasteiger partial charge in [0.15, 0.2) is 11.6 Å². The van der Waals surface area contributed by atoms with Crippen LogP contribution in [0.1, 0.15) is 6.92 Å². The number of anilines is 1. The number of halogens is 2. The summed E-state index contributed by atoms with van der Waals surface area (Å²) in [6, 6.07) is 8.77. The molecule has 0 unspecified atom stereocenters. The van der Waals surface area contributed by atoms with Crippen LogP contribution in [0.25, 0.3) is 22.2 Å². The van der Waals surface area contributed by atoms with E-state index in [9.17, 15) is 17.2 Å². The Morgan fingerprint density at radius 3 is 2.45 bits per heavy atom. The number of pyridine rings is 2. The molecule has 0 amide bonds. The highest BCUT2D eigenvalue weighted by Gasteiger charge is 2.30. The number of fused-ring (bicyclic) bond motifs is 1. The molecule has 0 radical (unpaired) electrons. The van der Waals surface area contributed by atoms with Gasteiger partial charge in [0.2, 0.25) is 0 Å². The number of hydrogen-bond acceptors (Lipinski definition) is 5.